The summed E-state index contributed by atoms with van der Waals surface area (Å²) in [7, 11) is 0. The molecule has 0 aliphatic rings. The zero-order valence-electron chi connectivity index (χ0n) is 10.8. The Labute approximate surface area is 124 Å². The molecule has 2 N–H and O–H groups in total. The third-order valence-electron chi connectivity index (χ3n) is 2.54. The lowest BCUT2D eigenvalue weighted by Gasteiger charge is -2.09. The summed E-state index contributed by atoms with van der Waals surface area (Å²) in [5, 5.41) is 19.6. The molecule has 1 heterocycles. The second kappa shape index (κ2) is 7.19. The minimum absolute atomic E-state index is 0.0164. The Hall–Kier alpha value is -1.93. The maximum absolute atomic E-state index is 12.1. The maximum atomic E-state index is 12.1. The molecule has 0 saturated heterocycles. The van der Waals surface area contributed by atoms with E-state index in [2.05, 4.69) is 20.4 Å². The molecule has 0 saturated carbocycles. The Morgan fingerprint density at radius 1 is 1.43 bits per heavy atom. The van der Waals surface area contributed by atoms with Crippen molar-refractivity contribution in [2.75, 3.05) is 11.9 Å². The van der Waals surface area contributed by atoms with E-state index in [1.165, 1.54) is 16.8 Å². The Morgan fingerprint density at radius 3 is 2.90 bits per heavy atom. The van der Waals surface area contributed by atoms with Gasteiger partial charge in [0, 0.05) is 5.69 Å². The monoisotopic (exact) mass is 318 g/mol. The first-order valence-electron chi connectivity index (χ1n) is 6.06. The average molecular weight is 319 g/mol. The highest BCUT2D eigenvalue weighted by Crippen LogP contribution is 2.29. The van der Waals surface area contributed by atoms with E-state index in [0.29, 0.717) is 24.5 Å². The van der Waals surface area contributed by atoms with Crippen LogP contribution in [0, 0.1) is 0 Å². The van der Waals surface area contributed by atoms with Gasteiger partial charge in [0.05, 0.1) is 30.9 Å². The van der Waals surface area contributed by atoms with Crippen LogP contribution in [0.1, 0.15) is 5.69 Å². The number of ether oxygens (including phenoxy) is 1. The van der Waals surface area contributed by atoms with Gasteiger partial charge in [0.2, 0.25) is 0 Å². The fraction of sp³-hybridized carbons (Fsp3) is 0.333. The second-order valence-electron chi connectivity index (χ2n) is 4.07. The van der Waals surface area contributed by atoms with Crippen molar-refractivity contribution in [2.45, 2.75) is 19.7 Å². The van der Waals surface area contributed by atoms with E-state index in [9.17, 15) is 8.78 Å². The van der Waals surface area contributed by atoms with Gasteiger partial charge in [0.15, 0.2) is 0 Å². The number of benzene rings is 1. The quantitative estimate of drug-likeness (QED) is 0.818. The van der Waals surface area contributed by atoms with Crippen LogP contribution in [0.3, 0.4) is 0 Å². The van der Waals surface area contributed by atoms with Gasteiger partial charge < -0.3 is 15.2 Å². The van der Waals surface area contributed by atoms with Gasteiger partial charge in [0.1, 0.15) is 11.4 Å². The number of nitrogens with one attached hydrogen (secondary N) is 1. The molecular formula is C12H13ClF2N4O2. The van der Waals surface area contributed by atoms with E-state index in [0.717, 1.165) is 0 Å². The molecule has 6 nitrogen and oxygen atoms in total. The van der Waals surface area contributed by atoms with Gasteiger partial charge >= 0.3 is 6.61 Å². The summed E-state index contributed by atoms with van der Waals surface area (Å²) >= 11 is 5.84. The van der Waals surface area contributed by atoms with Gasteiger partial charge in [-0.15, -0.1) is 5.10 Å². The number of alkyl halides is 2. The molecule has 21 heavy (non-hydrogen) atoms. The van der Waals surface area contributed by atoms with Crippen molar-refractivity contribution in [1.82, 2.24) is 15.0 Å². The van der Waals surface area contributed by atoms with Crippen molar-refractivity contribution in [3.8, 4) is 5.75 Å². The first-order valence-corrected chi connectivity index (χ1v) is 6.44. The van der Waals surface area contributed by atoms with Crippen LogP contribution in [0.4, 0.5) is 14.5 Å². The topological polar surface area (TPSA) is 72.2 Å². The number of aliphatic hydroxyl groups is 1. The number of nitrogens with zero attached hydrogens (tertiary/aromatic N) is 3. The maximum Gasteiger partial charge on any atom is 0.387 e. The highest BCUT2D eigenvalue weighted by Gasteiger charge is 2.09. The summed E-state index contributed by atoms with van der Waals surface area (Å²) in [5.41, 5.74) is 1.31. The van der Waals surface area contributed by atoms with Crippen LogP contribution >= 0.6 is 11.6 Å². The summed E-state index contributed by atoms with van der Waals surface area (Å²) in [6.07, 6.45) is 1.69. The number of hydrogen-bond donors (Lipinski definition) is 2. The van der Waals surface area contributed by atoms with E-state index in [-0.39, 0.29) is 17.4 Å². The van der Waals surface area contributed by atoms with Gasteiger partial charge in [-0.1, -0.05) is 16.8 Å². The normalized spacial score (nSPS) is 10.9. The number of hydrogen-bond acceptors (Lipinski definition) is 5. The van der Waals surface area contributed by atoms with Crippen molar-refractivity contribution >= 4 is 17.3 Å². The van der Waals surface area contributed by atoms with Gasteiger partial charge in [-0.3, -0.25) is 0 Å². The van der Waals surface area contributed by atoms with Crippen LogP contribution in [0.15, 0.2) is 24.4 Å². The minimum atomic E-state index is -2.91. The zero-order valence-corrected chi connectivity index (χ0v) is 11.6. The Kier molecular flexibility index (Phi) is 5.29. The van der Waals surface area contributed by atoms with Crippen molar-refractivity contribution in [3.05, 3.63) is 35.1 Å². The molecule has 0 atom stereocenters. The largest absolute Gasteiger partial charge is 0.433 e. The number of aromatic nitrogens is 3. The molecule has 0 spiro atoms. The van der Waals surface area contributed by atoms with Crippen LogP contribution in [-0.2, 0) is 13.1 Å². The lowest BCUT2D eigenvalue weighted by Crippen LogP contribution is -2.04. The van der Waals surface area contributed by atoms with Crippen molar-refractivity contribution < 1.29 is 18.6 Å². The molecular weight excluding hydrogens is 306 g/mol. The Morgan fingerprint density at radius 2 is 2.24 bits per heavy atom. The summed E-state index contributed by atoms with van der Waals surface area (Å²) in [6, 6.07) is 4.42. The molecule has 114 valence electrons. The highest BCUT2D eigenvalue weighted by molar-refractivity contribution is 6.32. The third-order valence-corrected chi connectivity index (χ3v) is 2.83. The Bertz CT molecular complexity index is 594. The predicted molar refractivity (Wildman–Crippen MR) is 72.5 cm³/mol. The molecule has 0 aliphatic heterocycles. The smallest absolute Gasteiger partial charge is 0.387 e. The number of rotatable bonds is 7. The number of anilines is 1. The summed E-state index contributed by atoms with van der Waals surface area (Å²) < 4.78 is 30.0. The second-order valence-corrected chi connectivity index (χ2v) is 4.48. The van der Waals surface area contributed by atoms with Gasteiger partial charge in [-0.05, 0) is 18.2 Å². The number of halogens is 3. The highest BCUT2D eigenvalue weighted by atomic mass is 35.5. The molecule has 0 unspecified atom stereocenters. The van der Waals surface area contributed by atoms with Crippen LogP contribution in [0.25, 0.3) is 0 Å². The van der Waals surface area contributed by atoms with E-state index in [4.69, 9.17) is 16.7 Å². The Balaban J connectivity index is 1.94. The van der Waals surface area contributed by atoms with Crippen molar-refractivity contribution in [2.24, 2.45) is 0 Å². The molecule has 0 aliphatic carbocycles. The molecule has 2 rings (SSSR count). The summed E-state index contributed by atoms with van der Waals surface area (Å²) in [6.45, 7) is -2.17. The van der Waals surface area contributed by atoms with Crippen LogP contribution in [-0.4, -0.2) is 33.3 Å². The lowest BCUT2D eigenvalue weighted by atomic mass is 10.3. The number of aliphatic hydroxyl groups excluding tert-OH is 1. The minimum Gasteiger partial charge on any atom is -0.433 e. The molecule has 9 heteroatoms. The van der Waals surface area contributed by atoms with Crippen molar-refractivity contribution in [3.63, 3.8) is 0 Å². The molecule has 0 amide bonds. The van der Waals surface area contributed by atoms with Gasteiger partial charge in [-0.25, -0.2) is 4.68 Å². The molecule has 0 radical (unpaired) electrons. The zero-order chi connectivity index (χ0) is 15.2. The van der Waals surface area contributed by atoms with Crippen LogP contribution in [0.2, 0.25) is 5.02 Å². The lowest BCUT2D eigenvalue weighted by molar-refractivity contribution is -0.0497. The third kappa shape index (κ3) is 4.54. The van der Waals surface area contributed by atoms with E-state index in [1.807, 2.05) is 0 Å². The van der Waals surface area contributed by atoms with Gasteiger partial charge in [-0.2, -0.15) is 8.78 Å². The van der Waals surface area contributed by atoms with E-state index < -0.39 is 6.61 Å². The predicted octanol–water partition coefficient (Wildman–Crippen LogP) is 2.14. The first-order chi connectivity index (χ1) is 10.1. The fourth-order valence-corrected chi connectivity index (χ4v) is 1.85. The molecule has 0 bridgehead atoms. The fourth-order valence-electron chi connectivity index (χ4n) is 1.63. The van der Waals surface area contributed by atoms with Crippen molar-refractivity contribution in [1.29, 1.82) is 0 Å². The van der Waals surface area contributed by atoms with Crippen LogP contribution in [0.5, 0.6) is 5.75 Å². The summed E-state index contributed by atoms with van der Waals surface area (Å²) in [4.78, 5) is 0. The van der Waals surface area contributed by atoms with Gasteiger partial charge in [0.25, 0.3) is 0 Å². The molecule has 0 fully saturated rings. The molecule has 1 aromatic heterocycles. The summed E-state index contributed by atoms with van der Waals surface area (Å²) in [5.74, 6) is -0.0777. The van der Waals surface area contributed by atoms with E-state index >= 15 is 0 Å². The van der Waals surface area contributed by atoms with E-state index in [1.54, 1.807) is 12.3 Å². The standard InChI is InChI=1S/C12H13ClF2N4O2/c13-10-5-8(1-2-11(10)21-12(14)15)16-6-9-7-19(3-4-20)18-17-9/h1-2,5,7,12,16,20H,3-4,6H2. The van der Waals surface area contributed by atoms with Crippen LogP contribution < -0.4 is 10.1 Å². The average Bonchev–Trinajstić information content (AvgIpc) is 2.87. The molecule has 1 aromatic carbocycles. The SMILES string of the molecule is OCCn1cc(CNc2ccc(OC(F)F)c(Cl)c2)nn1. The first kappa shape index (κ1) is 15.5. The molecule has 2 aromatic rings.